The molecular weight excluding hydrogens is 358 g/mol. The average Bonchev–Trinajstić information content (AvgIpc) is 2.68. The number of hydrogen-bond donors (Lipinski definition) is 3. The summed E-state index contributed by atoms with van der Waals surface area (Å²) in [6.07, 6.45) is 8.84. The lowest BCUT2D eigenvalue weighted by Gasteiger charge is -2.31. The highest BCUT2D eigenvalue weighted by Gasteiger charge is 2.27. The van der Waals surface area contributed by atoms with Crippen LogP contribution in [-0.2, 0) is 15.3 Å². The third-order valence-electron chi connectivity index (χ3n) is 4.96. The van der Waals surface area contributed by atoms with Gasteiger partial charge in [0.1, 0.15) is 5.50 Å². The van der Waals surface area contributed by atoms with Gasteiger partial charge in [-0.1, -0.05) is 42.0 Å². The van der Waals surface area contributed by atoms with Crippen molar-refractivity contribution in [1.82, 2.24) is 16.0 Å². The lowest BCUT2D eigenvalue weighted by atomic mass is 9.97. The van der Waals surface area contributed by atoms with Crippen molar-refractivity contribution in [1.29, 1.82) is 0 Å². The number of carbonyl (C=O) groups excluding carboxylic acids is 2. The fourth-order valence-electron chi connectivity index (χ4n) is 3.51. The molecule has 0 radical (unpaired) electrons. The molecule has 3 rings (SSSR count). The maximum Gasteiger partial charge on any atom is 0.223 e. The molecule has 1 fully saturated rings. The molecule has 1 aromatic carbocycles. The second kappa shape index (κ2) is 10.5. The second-order valence-electron chi connectivity index (χ2n) is 7.22. The molecule has 146 valence electrons. The fraction of sp³-hybridized carbons (Fsp3) is 0.524. The van der Waals surface area contributed by atoms with E-state index in [0.717, 1.165) is 12.2 Å². The normalized spacial score (nSPS) is 22.7. The molecule has 27 heavy (non-hydrogen) atoms. The van der Waals surface area contributed by atoms with Crippen LogP contribution in [0.15, 0.2) is 42.0 Å². The minimum Gasteiger partial charge on any atom is -0.356 e. The zero-order chi connectivity index (χ0) is 18.9. The summed E-state index contributed by atoms with van der Waals surface area (Å²) in [6, 6.07) is 10.1. The largest absolute Gasteiger partial charge is 0.356 e. The van der Waals surface area contributed by atoms with E-state index in [1.807, 2.05) is 18.2 Å². The molecule has 0 bridgehead atoms. The van der Waals surface area contributed by atoms with Gasteiger partial charge in [-0.05, 0) is 37.7 Å². The Balaban J connectivity index is 1.38. The van der Waals surface area contributed by atoms with Crippen LogP contribution in [0.2, 0.25) is 0 Å². The van der Waals surface area contributed by atoms with Crippen LogP contribution in [0, 0.1) is 0 Å². The van der Waals surface area contributed by atoms with Crippen LogP contribution in [0.4, 0.5) is 0 Å². The molecule has 1 aliphatic carbocycles. The van der Waals surface area contributed by atoms with E-state index < -0.39 is 0 Å². The van der Waals surface area contributed by atoms with Crippen molar-refractivity contribution in [2.75, 3.05) is 6.54 Å². The molecule has 1 aliphatic heterocycles. The highest BCUT2D eigenvalue weighted by Crippen LogP contribution is 2.20. The molecule has 2 amide bonds. The first-order valence-electron chi connectivity index (χ1n) is 9.84. The Kier molecular flexibility index (Phi) is 7.78. The summed E-state index contributed by atoms with van der Waals surface area (Å²) in [5, 5.41) is 9.34. The Labute approximate surface area is 165 Å². The van der Waals surface area contributed by atoms with Gasteiger partial charge in [0.2, 0.25) is 11.8 Å². The van der Waals surface area contributed by atoms with E-state index in [2.05, 4.69) is 34.2 Å². The van der Waals surface area contributed by atoms with E-state index in [1.165, 1.54) is 36.8 Å². The summed E-state index contributed by atoms with van der Waals surface area (Å²) in [7, 11) is 0. The Morgan fingerprint density at radius 3 is 2.85 bits per heavy atom. The van der Waals surface area contributed by atoms with Crippen LogP contribution in [0.5, 0.6) is 0 Å². The predicted octanol–water partition coefficient (Wildman–Crippen LogP) is 3.08. The van der Waals surface area contributed by atoms with Gasteiger partial charge in [-0.15, -0.1) is 11.8 Å². The molecule has 3 N–H and O–H groups in total. The van der Waals surface area contributed by atoms with E-state index in [1.54, 1.807) is 11.8 Å². The van der Waals surface area contributed by atoms with Crippen LogP contribution in [0.25, 0.3) is 0 Å². The van der Waals surface area contributed by atoms with Crippen LogP contribution in [0.3, 0.4) is 0 Å². The first-order chi connectivity index (χ1) is 13.2. The number of nitrogens with one attached hydrogen (secondary N) is 3. The van der Waals surface area contributed by atoms with Gasteiger partial charge >= 0.3 is 0 Å². The van der Waals surface area contributed by atoms with Crippen LogP contribution in [0.1, 0.15) is 50.5 Å². The van der Waals surface area contributed by atoms with E-state index in [9.17, 15) is 9.59 Å². The molecule has 0 spiro atoms. The summed E-state index contributed by atoms with van der Waals surface area (Å²) in [5.41, 5.74) is 2.53. The van der Waals surface area contributed by atoms with Gasteiger partial charge in [0, 0.05) is 31.2 Å². The summed E-state index contributed by atoms with van der Waals surface area (Å²) in [5.74, 6) is 0.835. The summed E-state index contributed by atoms with van der Waals surface area (Å²) in [6.45, 7) is 0.690. The average molecular weight is 388 g/mol. The van der Waals surface area contributed by atoms with Gasteiger partial charge in [-0.25, -0.2) is 0 Å². The third-order valence-corrected chi connectivity index (χ3v) is 6.04. The summed E-state index contributed by atoms with van der Waals surface area (Å²) in [4.78, 5) is 24.2. The first kappa shape index (κ1) is 20.0. The Morgan fingerprint density at radius 1 is 1.22 bits per heavy atom. The maximum atomic E-state index is 12.2. The van der Waals surface area contributed by atoms with Crippen molar-refractivity contribution in [3.63, 3.8) is 0 Å². The Morgan fingerprint density at radius 2 is 2.07 bits per heavy atom. The third kappa shape index (κ3) is 7.03. The Bertz CT molecular complexity index is 663. The highest BCUT2D eigenvalue weighted by molar-refractivity contribution is 7.99. The van der Waals surface area contributed by atoms with Crippen molar-refractivity contribution in [2.24, 2.45) is 0 Å². The van der Waals surface area contributed by atoms with Crippen LogP contribution < -0.4 is 16.0 Å². The zero-order valence-electron chi connectivity index (χ0n) is 15.7. The minimum atomic E-state index is -0.156. The van der Waals surface area contributed by atoms with Crippen molar-refractivity contribution in [3.05, 3.63) is 47.5 Å². The molecule has 0 saturated carbocycles. The molecule has 5 nitrogen and oxygen atoms in total. The number of rotatable bonds is 8. The zero-order valence-corrected chi connectivity index (χ0v) is 16.5. The fourth-order valence-corrected chi connectivity index (χ4v) is 4.56. The first-order valence-corrected chi connectivity index (χ1v) is 10.9. The summed E-state index contributed by atoms with van der Waals surface area (Å²) < 4.78 is 0. The molecule has 6 heteroatoms. The molecule has 1 aromatic rings. The van der Waals surface area contributed by atoms with E-state index in [-0.39, 0.29) is 23.4 Å². The van der Waals surface area contributed by atoms with E-state index in [4.69, 9.17) is 0 Å². The molecule has 2 aliphatic rings. The van der Waals surface area contributed by atoms with Gasteiger partial charge < -0.3 is 10.6 Å². The molecule has 1 heterocycles. The van der Waals surface area contributed by atoms with E-state index in [0.29, 0.717) is 19.4 Å². The van der Waals surface area contributed by atoms with Gasteiger partial charge in [-0.2, -0.15) is 0 Å². The van der Waals surface area contributed by atoms with Gasteiger partial charge in [0.05, 0.1) is 0 Å². The standard InChI is InChI=1S/C21H29N3O2S/c25-19(22-12-11-16-7-3-1-4-8-16)13-18-14-20(26)24-21(23-18)27-15-17-9-5-2-6-10-17/h2,5-7,9-10,18,21,23H,1,3-4,8,11-15H2,(H,22,25)(H,24,26). The minimum absolute atomic E-state index is 0.00414. The number of allylic oxidation sites excluding steroid dienone is 1. The van der Waals surface area contributed by atoms with Crippen molar-refractivity contribution in [3.8, 4) is 0 Å². The second-order valence-corrected chi connectivity index (χ2v) is 8.32. The van der Waals surface area contributed by atoms with E-state index >= 15 is 0 Å². The van der Waals surface area contributed by atoms with Gasteiger partial charge in [0.15, 0.2) is 0 Å². The quantitative estimate of drug-likeness (QED) is 0.600. The van der Waals surface area contributed by atoms with Crippen LogP contribution in [-0.4, -0.2) is 29.9 Å². The van der Waals surface area contributed by atoms with Crippen molar-refractivity contribution in [2.45, 2.75) is 62.2 Å². The van der Waals surface area contributed by atoms with Crippen molar-refractivity contribution >= 4 is 23.6 Å². The molecule has 2 atom stereocenters. The smallest absolute Gasteiger partial charge is 0.223 e. The number of hydrogen-bond acceptors (Lipinski definition) is 4. The molecule has 1 saturated heterocycles. The number of benzene rings is 1. The van der Waals surface area contributed by atoms with Crippen molar-refractivity contribution < 1.29 is 9.59 Å². The Hall–Kier alpha value is -1.79. The maximum absolute atomic E-state index is 12.2. The summed E-state index contributed by atoms with van der Waals surface area (Å²) >= 11 is 1.64. The molecular formula is C21H29N3O2S. The monoisotopic (exact) mass is 387 g/mol. The highest BCUT2D eigenvalue weighted by atomic mass is 32.2. The lowest BCUT2D eigenvalue weighted by molar-refractivity contribution is -0.125. The van der Waals surface area contributed by atoms with Crippen LogP contribution >= 0.6 is 11.8 Å². The molecule has 2 unspecified atom stereocenters. The number of thioether (sulfide) groups is 1. The molecule has 0 aromatic heterocycles. The number of carbonyl (C=O) groups is 2. The lowest BCUT2D eigenvalue weighted by Crippen LogP contribution is -2.55. The predicted molar refractivity (Wildman–Crippen MR) is 110 cm³/mol. The topological polar surface area (TPSA) is 70.2 Å². The number of amides is 2. The van der Waals surface area contributed by atoms with Gasteiger partial charge in [0.25, 0.3) is 0 Å². The van der Waals surface area contributed by atoms with Gasteiger partial charge in [-0.3, -0.25) is 14.9 Å². The SMILES string of the molecule is O=C(CC1CC(=O)NC(SCc2ccccc2)N1)NCCC1=CCCCC1.